The average molecular weight is 345 g/mol. The molecule has 1 heterocycles. The minimum absolute atomic E-state index is 0.0251. The summed E-state index contributed by atoms with van der Waals surface area (Å²) < 4.78 is 5.75. The van der Waals surface area contributed by atoms with Gasteiger partial charge in [0, 0.05) is 6.54 Å². The van der Waals surface area contributed by atoms with Crippen LogP contribution in [0.1, 0.15) is 21.5 Å². The third-order valence-corrected chi connectivity index (χ3v) is 3.98. The van der Waals surface area contributed by atoms with E-state index >= 15 is 0 Å². The molecule has 0 bridgehead atoms. The van der Waals surface area contributed by atoms with Gasteiger partial charge >= 0.3 is 0 Å². The molecular formula is C20H15N3O3. The molecule has 128 valence electrons. The maximum Gasteiger partial charge on any atom is 0.231 e. The Hall–Kier alpha value is -3.61. The Morgan fingerprint density at radius 2 is 1.77 bits per heavy atom. The van der Waals surface area contributed by atoms with E-state index in [0.29, 0.717) is 11.1 Å². The fraction of sp³-hybridized carbons (Fsp3) is 0.150. The molecular weight excluding hydrogens is 330 g/mol. The molecule has 0 aromatic heterocycles. The fourth-order valence-corrected chi connectivity index (χ4v) is 2.74. The molecule has 2 aromatic carbocycles. The molecule has 1 aliphatic rings. The SMILES string of the molecule is N#CCN(CC#N)Cc1c(O)ccc2c1O/C(=C\c1ccccc1)C2=O. The molecule has 0 amide bonds. The number of nitriles is 2. The van der Waals surface area contributed by atoms with Crippen molar-refractivity contribution in [1.82, 2.24) is 4.90 Å². The minimum Gasteiger partial charge on any atom is -0.507 e. The zero-order chi connectivity index (χ0) is 18.5. The summed E-state index contributed by atoms with van der Waals surface area (Å²) in [4.78, 5) is 14.2. The predicted octanol–water partition coefficient (Wildman–Crippen LogP) is 2.86. The van der Waals surface area contributed by atoms with Crippen molar-refractivity contribution < 1.29 is 14.6 Å². The van der Waals surface area contributed by atoms with Gasteiger partial charge < -0.3 is 9.84 Å². The summed E-state index contributed by atoms with van der Waals surface area (Å²) in [5, 5.41) is 28.0. The number of ether oxygens (including phenoxy) is 1. The summed E-state index contributed by atoms with van der Waals surface area (Å²) in [5.41, 5.74) is 1.57. The van der Waals surface area contributed by atoms with Gasteiger partial charge in [-0.1, -0.05) is 30.3 Å². The quantitative estimate of drug-likeness (QED) is 0.661. The number of Topliss-reactive ketones (excluding diaryl/α,β-unsaturated/α-hetero) is 1. The number of hydrogen-bond donors (Lipinski definition) is 1. The fourth-order valence-electron chi connectivity index (χ4n) is 2.74. The van der Waals surface area contributed by atoms with Crippen molar-refractivity contribution in [2.24, 2.45) is 0 Å². The standard InChI is InChI=1S/C20H15N3O3/c21-8-10-23(11-9-22)13-16-17(24)7-6-15-19(25)18(26-20(15)16)12-14-4-2-1-3-5-14/h1-7,12,24H,10-11,13H2/b18-12-. The molecule has 0 spiro atoms. The number of phenols is 1. The van der Waals surface area contributed by atoms with Crippen LogP contribution < -0.4 is 4.74 Å². The Balaban J connectivity index is 1.96. The number of rotatable bonds is 5. The van der Waals surface area contributed by atoms with E-state index in [1.54, 1.807) is 11.0 Å². The molecule has 0 unspecified atom stereocenters. The second-order valence-corrected chi connectivity index (χ2v) is 5.75. The van der Waals surface area contributed by atoms with E-state index in [-0.39, 0.29) is 42.7 Å². The summed E-state index contributed by atoms with van der Waals surface area (Å²) in [5.74, 6) is 0.138. The zero-order valence-electron chi connectivity index (χ0n) is 13.8. The number of fused-ring (bicyclic) bond motifs is 1. The van der Waals surface area contributed by atoms with Gasteiger partial charge in [0.15, 0.2) is 5.76 Å². The molecule has 1 N–H and O–H groups in total. The van der Waals surface area contributed by atoms with Crippen LogP contribution in [0.25, 0.3) is 6.08 Å². The van der Waals surface area contributed by atoms with Crippen LogP contribution in [0, 0.1) is 22.7 Å². The molecule has 26 heavy (non-hydrogen) atoms. The van der Waals surface area contributed by atoms with Crippen molar-refractivity contribution in [2.45, 2.75) is 6.54 Å². The van der Waals surface area contributed by atoms with Crippen molar-refractivity contribution in [1.29, 1.82) is 10.5 Å². The number of hydrogen-bond acceptors (Lipinski definition) is 6. The van der Waals surface area contributed by atoms with Crippen molar-refractivity contribution in [2.75, 3.05) is 13.1 Å². The van der Waals surface area contributed by atoms with E-state index in [1.807, 2.05) is 42.5 Å². The highest BCUT2D eigenvalue weighted by Gasteiger charge is 2.31. The van der Waals surface area contributed by atoms with Crippen molar-refractivity contribution >= 4 is 11.9 Å². The first-order chi connectivity index (χ1) is 12.6. The lowest BCUT2D eigenvalue weighted by atomic mass is 10.0. The number of carbonyl (C=O) groups is 1. The van der Waals surface area contributed by atoms with Crippen LogP contribution in [0.2, 0.25) is 0 Å². The van der Waals surface area contributed by atoms with Gasteiger partial charge in [-0.2, -0.15) is 10.5 Å². The number of nitrogens with zero attached hydrogens (tertiary/aromatic N) is 3. The summed E-state index contributed by atoms with van der Waals surface area (Å²) >= 11 is 0. The Bertz CT molecular complexity index is 937. The van der Waals surface area contributed by atoms with E-state index in [0.717, 1.165) is 5.56 Å². The van der Waals surface area contributed by atoms with E-state index in [4.69, 9.17) is 15.3 Å². The molecule has 0 radical (unpaired) electrons. The summed E-state index contributed by atoms with van der Waals surface area (Å²) in [6, 6.07) is 16.2. The van der Waals surface area contributed by atoms with Crippen LogP contribution in [0.4, 0.5) is 0 Å². The molecule has 1 aliphatic heterocycles. The number of phenolic OH excluding ortho intramolecular Hbond substituents is 1. The Morgan fingerprint density at radius 3 is 2.42 bits per heavy atom. The van der Waals surface area contributed by atoms with Crippen LogP contribution in [-0.4, -0.2) is 28.9 Å². The minimum atomic E-state index is -0.266. The lowest BCUT2D eigenvalue weighted by molar-refractivity contribution is 0.101. The van der Waals surface area contributed by atoms with Crippen LogP contribution >= 0.6 is 0 Å². The Labute approximate surface area is 150 Å². The first-order valence-corrected chi connectivity index (χ1v) is 7.94. The van der Waals surface area contributed by atoms with Crippen LogP contribution in [0.5, 0.6) is 11.5 Å². The third-order valence-electron chi connectivity index (χ3n) is 3.98. The molecule has 0 atom stereocenters. The van der Waals surface area contributed by atoms with E-state index < -0.39 is 0 Å². The van der Waals surface area contributed by atoms with Gasteiger partial charge in [0.2, 0.25) is 5.78 Å². The first kappa shape index (κ1) is 17.2. The summed E-state index contributed by atoms with van der Waals surface area (Å²) in [7, 11) is 0. The highest BCUT2D eigenvalue weighted by molar-refractivity contribution is 6.15. The second-order valence-electron chi connectivity index (χ2n) is 5.75. The predicted molar refractivity (Wildman–Crippen MR) is 94.0 cm³/mol. The van der Waals surface area contributed by atoms with E-state index in [2.05, 4.69) is 0 Å². The lowest BCUT2D eigenvalue weighted by Gasteiger charge is -2.17. The van der Waals surface area contributed by atoms with Crippen molar-refractivity contribution in [3.8, 4) is 23.6 Å². The third kappa shape index (κ3) is 3.41. The largest absolute Gasteiger partial charge is 0.507 e. The molecule has 0 saturated heterocycles. The number of allylic oxidation sites excluding steroid dienone is 1. The summed E-state index contributed by atoms with van der Waals surface area (Å²) in [6.07, 6.45) is 1.64. The zero-order valence-corrected chi connectivity index (χ0v) is 13.8. The highest BCUT2D eigenvalue weighted by atomic mass is 16.5. The number of ketones is 1. The number of aromatic hydroxyl groups is 1. The second kappa shape index (κ2) is 7.52. The lowest BCUT2D eigenvalue weighted by Crippen LogP contribution is -2.24. The molecule has 0 aliphatic carbocycles. The van der Waals surface area contributed by atoms with Gasteiger partial charge in [0.05, 0.1) is 36.4 Å². The molecule has 3 rings (SSSR count). The number of carbonyl (C=O) groups excluding carboxylic acids is 1. The normalized spacial score (nSPS) is 14.0. The summed E-state index contributed by atoms with van der Waals surface area (Å²) in [6.45, 7) is 0.177. The Morgan fingerprint density at radius 1 is 1.08 bits per heavy atom. The van der Waals surface area contributed by atoms with Gasteiger partial charge in [0.25, 0.3) is 0 Å². The van der Waals surface area contributed by atoms with Crippen molar-refractivity contribution in [3.05, 3.63) is 64.9 Å². The van der Waals surface area contributed by atoms with Gasteiger partial charge in [0.1, 0.15) is 11.5 Å². The smallest absolute Gasteiger partial charge is 0.231 e. The van der Waals surface area contributed by atoms with E-state index in [9.17, 15) is 9.90 Å². The van der Waals surface area contributed by atoms with Crippen LogP contribution in [-0.2, 0) is 6.54 Å². The molecule has 6 nitrogen and oxygen atoms in total. The first-order valence-electron chi connectivity index (χ1n) is 7.94. The van der Waals surface area contributed by atoms with Gasteiger partial charge in [-0.3, -0.25) is 9.69 Å². The van der Waals surface area contributed by atoms with Crippen LogP contribution in [0.15, 0.2) is 48.2 Å². The number of benzene rings is 2. The van der Waals surface area contributed by atoms with Gasteiger partial charge in [-0.15, -0.1) is 0 Å². The highest BCUT2D eigenvalue weighted by Crippen LogP contribution is 2.40. The topological polar surface area (TPSA) is 97.3 Å². The van der Waals surface area contributed by atoms with Gasteiger partial charge in [-0.05, 0) is 23.8 Å². The molecule has 0 fully saturated rings. The van der Waals surface area contributed by atoms with Crippen molar-refractivity contribution in [3.63, 3.8) is 0 Å². The monoisotopic (exact) mass is 345 g/mol. The maximum absolute atomic E-state index is 12.6. The molecule has 6 heteroatoms. The van der Waals surface area contributed by atoms with Crippen LogP contribution in [0.3, 0.4) is 0 Å². The average Bonchev–Trinajstić information content (AvgIpc) is 2.95. The van der Waals surface area contributed by atoms with Gasteiger partial charge in [-0.25, -0.2) is 0 Å². The Kier molecular flexibility index (Phi) is 4.98. The molecule has 0 saturated carbocycles. The van der Waals surface area contributed by atoms with E-state index in [1.165, 1.54) is 12.1 Å². The molecule has 2 aromatic rings. The maximum atomic E-state index is 12.6.